The summed E-state index contributed by atoms with van der Waals surface area (Å²) >= 11 is 17.7. The lowest BCUT2D eigenvalue weighted by molar-refractivity contribution is 0.322. The van der Waals surface area contributed by atoms with E-state index >= 15 is 0 Å². The molecule has 0 spiro atoms. The fourth-order valence-corrected chi connectivity index (χ4v) is 2.58. The number of anilines is 1. The molecule has 0 radical (unpaired) electrons. The molecule has 1 aliphatic heterocycles. The zero-order valence-corrected chi connectivity index (χ0v) is 11.8. The molecule has 2 heterocycles. The maximum atomic E-state index is 6.04. The Morgan fingerprint density at radius 1 is 1.41 bits per heavy atom. The van der Waals surface area contributed by atoms with Crippen LogP contribution in [0.15, 0.2) is 6.07 Å². The van der Waals surface area contributed by atoms with Crippen LogP contribution in [0, 0.1) is 0 Å². The van der Waals surface area contributed by atoms with Crippen molar-refractivity contribution in [2.45, 2.75) is 18.9 Å². The molecule has 1 aliphatic rings. The molecule has 94 valence electrons. The number of rotatable bonds is 3. The van der Waals surface area contributed by atoms with Crippen LogP contribution < -0.4 is 5.32 Å². The number of nitrogens with one attached hydrogen (secondary N) is 1. The molecular formula is C11H14Cl3N3. The Morgan fingerprint density at radius 3 is 2.82 bits per heavy atom. The van der Waals surface area contributed by atoms with E-state index in [4.69, 9.17) is 34.8 Å². The van der Waals surface area contributed by atoms with Crippen LogP contribution in [0.2, 0.25) is 15.2 Å². The van der Waals surface area contributed by atoms with Crippen molar-refractivity contribution in [3.8, 4) is 0 Å². The molecular weight excluding hydrogens is 281 g/mol. The normalized spacial score (nSPS) is 20.8. The molecule has 0 amide bonds. The molecule has 1 unspecified atom stereocenters. The van der Waals surface area contributed by atoms with Crippen LogP contribution in [-0.2, 0) is 0 Å². The molecule has 2 rings (SSSR count). The van der Waals surface area contributed by atoms with Crippen LogP contribution in [0.3, 0.4) is 0 Å². The van der Waals surface area contributed by atoms with Gasteiger partial charge in [0.1, 0.15) is 11.0 Å². The summed E-state index contributed by atoms with van der Waals surface area (Å²) in [6, 6.07) is 2.14. The van der Waals surface area contributed by atoms with Crippen LogP contribution >= 0.6 is 34.8 Å². The summed E-state index contributed by atoms with van der Waals surface area (Å²) in [5.41, 5.74) is 0. The van der Waals surface area contributed by atoms with E-state index in [9.17, 15) is 0 Å². The highest BCUT2D eigenvalue weighted by atomic mass is 35.5. The zero-order chi connectivity index (χ0) is 12.4. The Kier molecular flexibility index (Phi) is 4.36. The predicted octanol–water partition coefficient (Wildman–Crippen LogP) is 3.55. The van der Waals surface area contributed by atoms with E-state index in [-0.39, 0.29) is 5.15 Å². The minimum atomic E-state index is 0.276. The summed E-state index contributed by atoms with van der Waals surface area (Å²) in [6.45, 7) is 1.97. The van der Waals surface area contributed by atoms with Gasteiger partial charge in [0, 0.05) is 12.6 Å². The Morgan fingerprint density at radius 2 is 2.18 bits per heavy atom. The van der Waals surface area contributed by atoms with Gasteiger partial charge in [-0.2, -0.15) is 0 Å². The van der Waals surface area contributed by atoms with Gasteiger partial charge in [-0.3, -0.25) is 0 Å². The van der Waals surface area contributed by atoms with Gasteiger partial charge < -0.3 is 10.2 Å². The molecule has 0 aromatic carbocycles. The summed E-state index contributed by atoms with van der Waals surface area (Å²) in [5.74, 6) is 0.598. The first kappa shape index (κ1) is 13.2. The second-order valence-corrected chi connectivity index (χ2v) is 5.42. The Balaban J connectivity index is 2.01. The molecule has 17 heavy (non-hydrogen) atoms. The first-order valence-electron chi connectivity index (χ1n) is 5.53. The average molecular weight is 295 g/mol. The van der Waals surface area contributed by atoms with E-state index in [1.165, 1.54) is 12.8 Å². The number of likely N-dealkylation sites (N-methyl/N-ethyl adjacent to an activating group) is 1. The number of hydrogen-bond acceptors (Lipinski definition) is 3. The first-order valence-corrected chi connectivity index (χ1v) is 6.67. The highest BCUT2D eigenvalue weighted by Crippen LogP contribution is 2.29. The van der Waals surface area contributed by atoms with E-state index in [1.54, 1.807) is 6.07 Å². The second-order valence-electron chi connectivity index (χ2n) is 4.25. The quantitative estimate of drug-likeness (QED) is 0.864. The van der Waals surface area contributed by atoms with Crippen LogP contribution in [0.25, 0.3) is 0 Å². The lowest BCUT2D eigenvalue weighted by Crippen LogP contribution is -2.31. The largest absolute Gasteiger partial charge is 0.367 e. The molecule has 1 saturated heterocycles. The van der Waals surface area contributed by atoms with Gasteiger partial charge in [0.05, 0.1) is 10.0 Å². The van der Waals surface area contributed by atoms with Gasteiger partial charge in [-0.1, -0.05) is 34.8 Å². The van der Waals surface area contributed by atoms with Crippen LogP contribution in [0.4, 0.5) is 5.82 Å². The van der Waals surface area contributed by atoms with Crippen molar-refractivity contribution >= 4 is 40.6 Å². The van der Waals surface area contributed by atoms with Gasteiger partial charge >= 0.3 is 0 Å². The van der Waals surface area contributed by atoms with Gasteiger partial charge in [-0.15, -0.1) is 0 Å². The second kappa shape index (κ2) is 5.61. The third-order valence-corrected chi connectivity index (χ3v) is 4.02. The summed E-state index contributed by atoms with van der Waals surface area (Å²) in [7, 11) is 2.13. The van der Waals surface area contributed by atoms with Gasteiger partial charge in [0.15, 0.2) is 0 Å². The van der Waals surface area contributed by atoms with E-state index in [1.807, 2.05) is 0 Å². The van der Waals surface area contributed by atoms with E-state index in [0.29, 0.717) is 21.9 Å². The number of pyridine rings is 1. The van der Waals surface area contributed by atoms with Crippen molar-refractivity contribution in [2.75, 3.05) is 25.5 Å². The van der Waals surface area contributed by atoms with Crippen molar-refractivity contribution in [3.63, 3.8) is 0 Å². The lowest BCUT2D eigenvalue weighted by Gasteiger charge is -2.20. The summed E-state index contributed by atoms with van der Waals surface area (Å²) in [6.07, 6.45) is 2.44. The van der Waals surface area contributed by atoms with Crippen LogP contribution in [-0.4, -0.2) is 36.1 Å². The SMILES string of the molecule is CN1CCCC1CNc1nc(Cl)c(Cl)cc1Cl. The molecule has 0 aliphatic carbocycles. The summed E-state index contributed by atoms with van der Waals surface area (Å²) < 4.78 is 0. The zero-order valence-electron chi connectivity index (χ0n) is 9.51. The number of halogens is 3. The third-order valence-electron chi connectivity index (χ3n) is 3.06. The average Bonchev–Trinajstić information content (AvgIpc) is 2.68. The monoisotopic (exact) mass is 293 g/mol. The Hall–Kier alpha value is -0.220. The lowest BCUT2D eigenvalue weighted by atomic mass is 10.2. The molecule has 0 saturated carbocycles. The molecule has 0 bridgehead atoms. The third kappa shape index (κ3) is 3.16. The first-order chi connectivity index (χ1) is 8.08. The maximum absolute atomic E-state index is 6.04. The van der Waals surface area contributed by atoms with Gasteiger partial charge in [0.25, 0.3) is 0 Å². The minimum Gasteiger partial charge on any atom is -0.367 e. The Labute approximate surface area is 116 Å². The molecule has 1 N–H and O–H groups in total. The maximum Gasteiger partial charge on any atom is 0.150 e. The topological polar surface area (TPSA) is 28.2 Å². The van der Waals surface area contributed by atoms with Gasteiger partial charge in [0.2, 0.25) is 0 Å². The van der Waals surface area contributed by atoms with E-state index in [2.05, 4.69) is 22.2 Å². The van der Waals surface area contributed by atoms with Crippen molar-refractivity contribution in [2.24, 2.45) is 0 Å². The molecule has 1 aromatic rings. The van der Waals surface area contributed by atoms with Crippen molar-refractivity contribution < 1.29 is 0 Å². The number of hydrogen-bond donors (Lipinski definition) is 1. The minimum absolute atomic E-state index is 0.276. The van der Waals surface area contributed by atoms with Crippen molar-refractivity contribution in [1.82, 2.24) is 9.88 Å². The summed E-state index contributed by atoms with van der Waals surface area (Å²) in [4.78, 5) is 6.46. The molecule has 3 nitrogen and oxygen atoms in total. The molecule has 6 heteroatoms. The highest BCUT2D eigenvalue weighted by molar-refractivity contribution is 6.42. The van der Waals surface area contributed by atoms with Crippen molar-refractivity contribution in [1.29, 1.82) is 0 Å². The molecule has 1 atom stereocenters. The van der Waals surface area contributed by atoms with Gasteiger partial charge in [-0.25, -0.2) is 4.98 Å². The molecule has 1 aromatic heterocycles. The van der Waals surface area contributed by atoms with Crippen molar-refractivity contribution in [3.05, 3.63) is 21.3 Å². The van der Waals surface area contributed by atoms with E-state index < -0.39 is 0 Å². The number of nitrogens with zero attached hydrogens (tertiary/aromatic N) is 2. The number of aromatic nitrogens is 1. The predicted molar refractivity (Wildman–Crippen MR) is 73.4 cm³/mol. The highest BCUT2D eigenvalue weighted by Gasteiger charge is 2.20. The number of likely N-dealkylation sites (tertiary alicyclic amines) is 1. The van der Waals surface area contributed by atoms with E-state index in [0.717, 1.165) is 13.1 Å². The standard InChI is InChI=1S/C11H14Cl3N3/c1-17-4-2-3-7(17)6-15-11-9(13)5-8(12)10(14)16-11/h5,7H,2-4,6H2,1H3,(H,15,16). The fourth-order valence-electron chi connectivity index (χ4n) is 2.02. The molecule has 1 fully saturated rings. The summed E-state index contributed by atoms with van der Waals surface area (Å²) in [5, 5.41) is 4.38. The van der Waals surface area contributed by atoms with Crippen LogP contribution in [0.1, 0.15) is 12.8 Å². The Bertz CT molecular complexity index is 411. The van der Waals surface area contributed by atoms with Gasteiger partial charge in [-0.05, 0) is 32.5 Å². The fraction of sp³-hybridized carbons (Fsp3) is 0.545. The van der Waals surface area contributed by atoms with Crippen LogP contribution in [0.5, 0.6) is 0 Å². The smallest absolute Gasteiger partial charge is 0.150 e.